The number of Topliss-reactive ketones (excluding diaryl/α,β-unsaturated/α-hetero) is 1. The van der Waals surface area contributed by atoms with Crippen LogP contribution in [-0.2, 0) is 15.0 Å². The fraction of sp³-hybridized carbons (Fsp3) is 0.348. The molecular weight excluding hydrogens is 368 g/mol. The van der Waals surface area contributed by atoms with Crippen molar-refractivity contribution >= 4 is 29.0 Å². The van der Waals surface area contributed by atoms with E-state index in [1.165, 1.54) is 4.90 Å². The molecule has 2 aromatic carbocycles. The van der Waals surface area contributed by atoms with Gasteiger partial charge in [0.1, 0.15) is 0 Å². The van der Waals surface area contributed by atoms with Gasteiger partial charge < -0.3 is 15.0 Å². The smallest absolute Gasteiger partial charge is 0.264 e. The maximum Gasteiger partial charge on any atom is 0.264 e. The Morgan fingerprint density at radius 2 is 1.76 bits per heavy atom. The van der Waals surface area contributed by atoms with E-state index in [1.807, 2.05) is 24.3 Å². The van der Waals surface area contributed by atoms with E-state index in [1.54, 1.807) is 25.2 Å². The Balaban J connectivity index is 1.61. The van der Waals surface area contributed by atoms with Crippen LogP contribution >= 0.6 is 0 Å². The number of carbonyl (C=O) groups excluding carboxylic acids is 3. The molecule has 6 heteroatoms. The van der Waals surface area contributed by atoms with Crippen LogP contribution in [0.25, 0.3) is 0 Å². The Labute approximate surface area is 170 Å². The molecule has 1 heterocycles. The molecule has 2 amide bonds. The maximum atomic E-state index is 12.4. The van der Waals surface area contributed by atoms with E-state index in [4.69, 9.17) is 4.74 Å². The molecule has 0 saturated heterocycles. The molecule has 29 heavy (non-hydrogen) atoms. The fourth-order valence-corrected chi connectivity index (χ4v) is 3.14. The number of nitrogens with zero attached hydrogens (tertiary/aromatic N) is 1. The normalized spacial score (nSPS) is 13.5. The quantitative estimate of drug-likeness (QED) is 0.780. The number of hydrogen-bond donors (Lipinski definition) is 1. The van der Waals surface area contributed by atoms with Crippen molar-refractivity contribution in [2.45, 2.75) is 39.0 Å². The second-order valence-corrected chi connectivity index (χ2v) is 8.19. The predicted octanol–water partition coefficient (Wildman–Crippen LogP) is 3.94. The summed E-state index contributed by atoms with van der Waals surface area (Å²) < 4.78 is 5.50. The minimum Gasteiger partial charge on any atom is -0.479 e. The van der Waals surface area contributed by atoms with Gasteiger partial charge in [-0.15, -0.1) is 0 Å². The lowest BCUT2D eigenvalue weighted by molar-refractivity contribution is -0.121. The van der Waals surface area contributed by atoms with Crippen molar-refractivity contribution in [3.63, 3.8) is 0 Å². The minimum atomic E-state index is -0.277. The average Bonchev–Trinajstić information content (AvgIpc) is 2.69. The van der Waals surface area contributed by atoms with Crippen LogP contribution in [0.3, 0.4) is 0 Å². The molecule has 0 spiro atoms. The predicted molar refractivity (Wildman–Crippen MR) is 113 cm³/mol. The van der Waals surface area contributed by atoms with Crippen molar-refractivity contribution < 1.29 is 19.1 Å². The highest BCUT2D eigenvalue weighted by molar-refractivity contribution is 6.03. The highest BCUT2D eigenvalue weighted by Crippen LogP contribution is 2.38. The number of rotatable bonds is 5. The summed E-state index contributed by atoms with van der Waals surface area (Å²) in [5.41, 5.74) is 2.88. The van der Waals surface area contributed by atoms with Gasteiger partial charge in [-0.3, -0.25) is 14.4 Å². The molecule has 0 aliphatic carbocycles. The molecule has 0 atom stereocenters. The van der Waals surface area contributed by atoms with Gasteiger partial charge in [-0.05, 0) is 23.1 Å². The Hall–Kier alpha value is -3.15. The molecule has 1 N–H and O–H groups in total. The molecule has 0 unspecified atom stereocenters. The number of fused-ring (bicyclic) bond motifs is 1. The van der Waals surface area contributed by atoms with Gasteiger partial charge in [0.15, 0.2) is 18.1 Å². The number of para-hydroxylation sites is 1. The van der Waals surface area contributed by atoms with Crippen molar-refractivity contribution in [2.75, 3.05) is 23.9 Å². The van der Waals surface area contributed by atoms with Crippen LogP contribution in [0.1, 0.15) is 49.5 Å². The summed E-state index contributed by atoms with van der Waals surface area (Å²) in [5.74, 6) is -0.0328. The minimum absolute atomic E-state index is 0.0248. The van der Waals surface area contributed by atoms with Crippen LogP contribution in [0.4, 0.5) is 11.4 Å². The van der Waals surface area contributed by atoms with Crippen LogP contribution in [-0.4, -0.2) is 31.3 Å². The summed E-state index contributed by atoms with van der Waals surface area (Å²) in [5, 5.41) is 2.79. The highest BCUT2D eigenvalue weighted by Gasteiger charge is 2.25. The molecule has 152 valence electrons. The molecule has 3 rings (SSSR count). The third kappa shape index (κ3) is 4.65. The summed E-state index contributed by atoms with van der Waals surface area (Å²) in [6, 6.07) is 12.8. The monoisotopic (exact) mass is 394 g/mol. The van der Waals surface area contributed by atoms with Crippen LogP contribution in [0, 0.1) is 0 Å². The lowest BCUT2D eigenvalue weighted by atomic mass is 9.86. The van der Waals surface area contributed by atoms with E-state index in [0.29, 0.717) is 22.7 Å². The summed E-state index contributed by atoms with van der Waals surface area (Å²) in [4.78, 5) is 38.0. The van der Waals surface area contributed by atoms with Crippen LogP contribution < -0.4 is 15.0 Å². The molecule has 0 bridgehead atoms. The Kier molecular flexibility index (Phi) is 5.73. The van der Waals surface area contributed by atoms with Gasteiger partial charge in [0.25, 0.3) is 5.91 Å². The molecule has 0 fully saturated rings. The Morgan fingerprint density at radius 3 is 2.41 bits per heavy atom. The first-order valence-corrected chi connectivity index (χ1v) is 9.63. The largest absolute Gasteiger partial charge is 0.479 e. The van der Waals surface area contributed by atoms with Gasteiger partial charge in [-0.2, -0.15) is 0 Å². The summed E-state index contributed by atoms with van der Waals surface area (Å²) in [6.07, 6.45) is 0.188. The standard InChI is InChI=1S/C23H26N2O4/c1-23(2,3)16-10-8-15(9-11-16)19(26)12-13-20(27)24-17-6-5-7-18-22(17)29-14-21(28)25(18)4/h5-11H,12-14H2,1-4H3,(H,24,27). The van der Waals surface area contributed by atoms with E-state index >= 15 is 0 Å². The Bertz CT molecular complexity index is 942. The number of anilines is 2. The van der Waals surface area contributed by atoms with Gasteiger partial charge in [-0.25, -0.2) is 0 Å². The molecule has 6 nitrogen and oxygen atoms in total. The van der Waals surface area contributed by atoms with E-state index in [9.17, 15) is 14.4 Å². The molecule has 2 aromatic rings. The lowest BCUT2D eigenvalue weighted by Crippen LogP contribution is -2.35. The first-order chi connectivity index (χ1) is 13.7. The first-order valence-electron chi connectivity index (χ1n) is 9.63. The molecule has 0 aromatic heterocycles. The first kappa shape index (κ1) is 20.6. The van der Waals surface area contributed by atoms with Crippen LogP contribution in [0.2, 0.25) is 0 Å². The van der Waals surface area contributed by atoms with Crippen molar-refractivity contribution in [3.8, 4) is 5.75 Å². The third-order valence-corrected chi connectivity index (χ3v) is 5.00. The van der Waals surface area contributed by atoms with Crippen molar-refractivity contribution in [1.29, 1.82) is 0 Å². The van der Waals surface area contributed by atoms with Crippen molar-refractivity contribution in [1.82, 2.24) is 0 Å². The molecular formula is C23H26N2O4. The fourth-order valence-electron chi connectivity index (χ4n) is 3.14. The SMILES string of the molecule is CN1C(=O)COc2c(NC(=O)CCC(=O)c3ccc(C(C)(C)C)cc3)cccc21. The van der Waals surface area contributed by atoms with E-state index in [-0.39, 0.29) is 42.5 Å². The zero-order valence-electron chi connectivity index (χ0n) is 17.2. The number of nitrogens with one attached hydrogen (secondary N) is 1. The number of hydrogen-bond acceptors (Lipinski definition) is 4. The second kappa shape index (κ2) is 8.07. The number of ether oxygens (including phenoxy) is 1. The average molecular weight is 394 g/mol. The highest BCUT2D eigenvalue weighted by atomic mass is 16.5. The van der Waals surface area contributed by atoms with Crippen LogP contribution in [0.5, 0.6) is 5.75 Å². The van der Waals surface area contributed by atoms with Gasteiger partial charge >= 0.3 is 0 Å². The second-order valence-electron chi connectivity index (χ2n) is 8.19. The van der Waals surface area contributed by atoms with Crippen molar-refractivity contribution in [2.24, 2.45) is 0 Å². The molecule has 1 aliphatic heterocycles. The number of likely N-dealkylation sites (N-methyl/N-ethyl adjacent to an activating group) is 1. The third-order valence-electron chi connectivity index (χ3n) is 5.00. The molecule has 0 radical (unpaired) electrons. The number of benzene rings is 2. The summed E-state index contributed by atoms with van der Waals surface area (Å²) in [7, 11) is 1.67. The zero-order chi connectivity index (χ0) is 21.2. The summed E-state index contributed by atoms with van der Waals surface area (Å²) in [6.45, 7) is 6.29. The Morgan fingerprint density at radius 1 is 1.07 bits per heavy atom. The summed E-state index contributed by atoms with van der Waals surface area (Å²) >= 11 is 0. The van der Waals surface area contributed by atoms with E-state index in [0.717, 1.165) is 5.56 Å². The van der Waals surface area contributed by atoms with Crippen molar-refractivity contribution in [3.05, 3.63) is 53.6 Å². The maximum absolute atomic E-state index is 12.4. The molecule has 1 aliphatic rings. The van der Waals surface area contributed by atoms with Crippen LogP contribution in [0.15, 0.2) is 42.5 Å². The van der Waals surface area contributed by atoms with Gasteiger partial charge in [0, 0.05) is 25.5 Å². The van der Waals surface area contributed by atoms with Gasteiger partial charge in [0.2, 0.25) is 5.91 Å². The van der Waals surface area contributed by atoms with E-state index in [2.05, 4.69) is 26.1 Å². The van der Waals surface area contributed by atoms with Gasteiger partial charge in [0.05, 0.1) is 11.4 Å². The lowest BCUT2D eigenvalue weighted by Gasteiger charge is -2.27. The zero-order valence-corrected chi connectivity index (χ0v) is 17.2. The topological polar surface area (TPSA) is 75.7 Å². The number of carbonyl (C=O) groups is 3. The molecule has 0 saturated carbocycles. The van der Waals surface area contributed by atoms with E-state index < -0.39 is 0 Å². The number of amides is 2. The number of ketones is 1. The van der Waals surface area contributed by atoms with Gasteiger partial charge in [-0.1, -0.05) is 51.1 Å².